The fourth-order valence-corrected chi connectivity index (χ4v) is 3.25. The van der Waals surface area contributed by atoms with Gasteiger partial charge in [0.25, 0.3) is 5.91 Å². The number of halogens is 1. The summed E-state index contributed by atoms with van der Waals surface area (Å²) in [5, 5.41) is 2.92. The van der Waals surface area contributed by atoms with Crippen LogP contribution < -0.4 is 10.1 Å². The van der Waals surface area contributed by atoms with Gasteiger partial charge in [-0.2, -0.15) is 0 Å². The topological polar surface area (TPSA) is 58.6 Å². The van der Waals surface area contributed by atoms with Crippen LogP contribution in [0, 0.1) is 13.8 Å². The fourth-order valence-electron chi connectivity index (χ4n) is 2.99. The largest absolute Gasteiger partial charge is 0.483 e. The van der Waals surface area contributed by atoms with Crippen molar-refractivity contribution < 1.29 is 14.3 Å². The molecule has 0 bridgehead atoms. The van der Waals surface area contributed by atoms with Crippen LogP contribution >= 0.6 is 15.9 Å². The predicted octanol–water partition coefficient (Wildman–Crippen LogP) is 4.78. The molecule has 0 aromatic heterocycles. The molecular weight excluding hydrogens is 444 g/mol. The van der Waals surface area contributed by atoms with E-state index in [4.69, 9.17) is 4.74 Å². The average molecular weight is 475 g/mol. The molecule has 0 aliphatic heterocycles. The van der Waals surface area contributed by atoms with Gasteiger partial charge in [-0.3, -0.25) is 9.59 Å². The van der Waals surface area contributed by atoms with Crippen molar-refractivity contribution in [2.24, 2.45) is 0 Å². The molecule has 0 saturated heterocycles. The maximum absolute atomic E-state index is 13.1. The summed E-state index contributed by atoms with van der Waals surface area (Å²) in [4.78, 5) is 27.3. The molecule has 2 rings (SSSR count). The summed E-state index contributed by atoms with van der Waals surface area (Å²) in [7, 11) is 0. The van der Waals surface area contributed by atoms with Gasteiger partial charge in [0, 0.05) is 17.6 Å². The zero-order valence-electron chi connectivity index (χ0n) is 18.2. The Hall–Kier alpha value is -2.34. The Kier molecular flexibility index (Phi) is 9.37. The second-order valence-electron chi connectivity index (χ2n) is 7.53. The van der Waals surface area contributed by atoms with Gasteiger partial charge in [-0.1, -0.05) is 53.5 Å². The molecule has 2 aromatic rings. The molecule has 1 unspecified atom stereocenters. The number of ether oxygens (including phenoxy) is 1. The highest BCUT2D eigenvalue weighted by atomic mass is 79.9. The van der Waals surface area contributed by atoms with E-state index in [0.29, 0.717) is 18.8 Å². The summed E-state index contributed by atoms with van der Waals surface area (Å²) in [5.74, 6) is 0.310. The van der Waals surface area contributed by atoms with E-state index in [-0.39, 0.29) is 18.4 Å². The first-order valence-electron chi connectivity index (χ1n) is 10.3. The van der Waals surface area contributed by atoms with Crippen LogP contribution in [0.3, 0.4) is 0 Å². The van der Waals surface area contributed by atoms with Crippen molar-refractivity contribution in [3.05, 3.63) is 63.6 Å². The predicted molar refractivity (Wildman–Crippen MR) is 123 cm³/mol. The summed E-state index contributed by atoms with van der Waals surface area (Å²) < 4.78 is 6.78. The van der Waals surface area contributed by atoms with Crippen LogP contribution in [0.2, 0.25) is 0 Å². The van der Waals surface area contributed by atoms with Gasteiger partial charge >= 0.3 is 0 Å². The Morgan fingerprint density at radius 3 is 2.50 bits per heavy atom. The minimum atomic E-state index is -0.597. The van der Waals surface area contributed by atoms with Crippen molar-refractivity contribution in [3.63, 3.8) is 0 Å². The van der Waals surface area contributed by atoms with Crippen LogP contribution in [0.4, 0.5) is 0 Å². The Labute approximate surface area is 187 Å². The highest BCUT2D eigenvalue weighted by Crippen LogP contribution is 2.20. The third-order valence-corrected chi connectivity index (χ3v) is 5.49. The summed E-state index contributed by atoms with van der Waals surface area (Å²) in [5.41, 5.74) is 2.99. The number of amides is 2. The smallest absolute Gasteiger partial charge is 0.261 e. The molecule has 30 heavy (non-hydrogen) atoms. The number of carbonyl (C=O) groups excluding carboxylic acids is 2. The van der Waals surface area contributed by atoms with Crippen molar-refractivity contribution in [3.8, 4) is 5.75 Å². The molecule has 0 saturated carbocycles. The van der Waals surface area contributed by atoms with Crippen molar-refractivity contribution in [1.29, 1.82) is 0 Å². The summed E-state index contributed by atoms with van der Waals surface area (Å²) in [6.45, 7) is 8.59. The van der Waals surface area contributed by atoms with Crippen LogP contribution in [0.5, 0.6) is 5.75 Å². The zero-order valence-corrected chi connectivity index (χ0v) is 19.8. The SMILES string of the molecule is CCCCNC(=O)C(C)N(Cc1ccc(Br)cc1)C(=O)COc1cc(C)ccc1C. The molecule has 1 N–H and O–H groups in total. The second-order valence-corrected chi connectivity index (χ2v) is 8.44. The lowest BCUT2D eigenvalue weighted by Crippen LogP contribution is -2.49. The minimum Gasteiger partial charge on any atom is -0.483 e. The first kappa shape index (κ1) is 23.9. The van der Waals surface area contributed by atoms with Crippen molar-refractivity contribution >= 4 is 27.7 Å². The molecular formula is C24H31BrN2O3. The van der Waals surface area contributed by atoms with E-state index in [1.54, 1.807) is 11.8 Å². The maximum atomic E-state index is 13.1. The Morgan fingerprint density at radius 2 is 1.83 bits per heavy atom. The van der Waals surface area contributed by atoms with Gasteiger partial charge in [0.1, 0.15) is 11.8 Å². The maximum Gasteiger partial charge on any atom is 0.261 e. The number of rotatable bonds is 10. The standard InChI is InChI=1S/C24H31BrN2O3/c1-5-6-13-26-24(29)19(4)27(15-20-9-11-21(25)12-10-20)23(28)16-30-22-14-17(2)7-8-18(22)3/h7-12,14,19H,5-6,13,15-16H2,1-4H3,(H,26,29). The van der Waals surface area contributed by atoms with Gasteiger partial charge in [-0.25, -0.2) is 0 Å². The molecule has 0 radical (unpaired) electrons. The fraction of sp³-hybridized carbons (Fsp3) is 0.417. The van der Waals surface area contributed by atoms with E-state index in [9.17, 15) is 9.59 Å². The molecule has 2 amide bonds. The molecule has 0 spiro atoms. The first-order valence-corrected chi connectivity index (χ1v) is 11.1. The summed E-state index contributed by atoms with van der Waals surface area (Å²) >= 11 is 3.43. The number of nitrogens with zero attached hydrogens (tertiary/aromatic N) is 1. The van der Waals surface area contributed by atoms with E-state index in [0.717, 1.165) is 34.0 Å². The normalized spacial score (nSPS) is 11.6. The quantitative estimate of drug-likeness (QED) is 0.504. The molecule has 0 aliphatic carbocycles. The van der Waals surface area contributed by atoms with Crippen molar-refractivity contribution in [1.82, 2.24) is 10.2 Å². The number of hydrogen-bond donors (Lipinski definition) is 1. The lowest BCUT2D eigenvalue weighted by Gasteiger charge is -2.29. The Balaban J connectivity index is 2.13. The van der Waals surface area contributed by atoms with E-state index >= 15 is 0 Å². The Bertz CT molecular complexity index is 852. The van der Waals surface area contributed by atoms with E-state index in [1.165, 1.54) is 0 Å². The number of carbonyl (C=O) groups is 2. The van der Waals surface area contributed by atoms with Crippen LogP contribution in [0.15, 0.2) is 46.9 Å². The van der Waals surface area contributed by atoms with Crippen LogP contribution in [-0.2, 0) is 16.1 Å². The lowest BCUT2D eigenvalue weighted by molar-refractivity contribution is -0.142. The minimum absolute atomic E-state index is 0.118. The Morgan fingerprint density at radius 1 is 1.13 bits per heavy atom. The first-order chi connectivity index (χ1) is 14.3. The summed E-state index contributed by atoms with van der Waals surface area (Å²) in [6.07, 6.45) is 1.91. The van der Waals surface area contributed by atoms with Gasteiger partial charge in [0.15, 0.2) is 6.61 Å². The molecule has 1 atom stereocenters. The highest BCUT2D eigenvalue weighted by Gasteiger charge is 2.26. The van der Waals surface area contributed by atoms with Gasteiger partial charge in [-0.15, -0.1) is 0 Å². The molecule has 162 valence electrons. The van der Waals surface area contributed by atoms with Crippen LogP contribution in [-0.4, -0.2) is 35.9 Å². The number of nitrogens with one attached hydrogen (secondary N) is 1. The molecule has 0 fully saturated rings. The molecule has 0 aliphatic rings. The zero-order chi connectivity index (χ0) is 22.1. The molecule has 0 heterocycles. The van der Waals surface area contributed by atoms with Gasteiger partial charge in [-0.05, 0) is 62.1 Å². The van der Waals surface area contributed by atoms with Crippen LogP contribution in [0.25, 0.3) is 0 Å². The van der Waals surface area contributed by atoms with Crippen molar-refractivity contribution in [2.45, 2.75) is 53.1 Å². The third kappa shape index (κ3) is 7.17. The lowest BCUT2D eigenvalue weighted by atomic mass is 10.1. The molecule has 5 nitrogen and oxygen atoms in total. The monoisotopic (exact) mass is 474 g/mol. The van der Waals surface area contributed by atoms with E-state index in [2.05, 4.69) is 28.2 Å². The average Bonchev–Trinajstić information content (AvgIpc) is 2.73. The summed E-state index contributed by atoms with van der Waals surface area (Å²) in [6, 6.07) is 13.0. The van der Waals surface area contributed by atoms with Crippen molar-refractivity contribution in [2.75, 3.05) is 13.2 Å². The highest BCUT2D eigenvalue weighted by molar-refractivity contribution is 9.10. The van der Waals surface area contributed by atoms with Gasteiger partial charge in [0.2, 0.25) is 5.91 Å². The van der Waals surface area contributed by atoms with Gasteiger partial charge in [0.05, 0.1) is 0 Å². The third-order valence-electron chi connectivity index (χ3n) is 4.96. The molecule has 2 aromatic carbocycles. The second kappa shape index (κ2) is 11.7. The van der Waals surface area contributed by atoms with E-state index < -0.39 is 6.04 Å². The number of unbranched alkanes of at least 4 members (excludes halogenated alkanes) is 1. The van der Waals surface area contributed by atoms with Crippen LogP contribution in [0.1, 0.15) is 43.4 Å². The van der Waals surface area contributed by atoms with Gasteiger partial charge < -0.3 is 15.0 Å². The number of benzene rings is 2. The number of aryl methyl sites for hydroxylation is 2. The number of hydrogen-bond acceptors (Lipinski definition) is 3. The molecule has 6 heteroatoms. The van der Waals surface area contributed by atoms with E-state index in [1.807, 2.05) is 56.3 Å².